The number of hydrazone groups is 1. The van der Waals surface area contributed by atoms with Crippen molar-refractivity contribution in [1.82, 2.24) is 9.97 Å². The number of nitrogens with one attached hydrogen (secondary N) is 2. The number of nitrogens with zero attached hydrogens (tertiary/aromatic N) is 3. The zero-order valence-electron chi connectivity index (χ0n) is 16.6. The third-order valence-corrected chi connectivity index (χ3v) is 5.90. The number of phenolic OH excluding ortho intramolecular Hbond substituents is 1. The Morgan fingerprint density at radius 3 is 2.77 bits per heavy atom. The number of aromatic nitrogens is 2. The molecule has 4 rings (SSSR count). The van der Waals surface area contributed by atoms with E-state index in [9.17, 15) is 5.11 Å². The molecule has 0 unspecified atom stereocenters. The van der Waals surface area contributed by atoms with E-state index >= 15 is 0 Å². The molecule has 0 fully saturated rings. The van der Waals surface area contributed by atoms with Crippen molar-refractivity contribution in [3.05, 3.63) is 70.9 Å². The lowest BCUT2D eigenvalue weighted by Gasteiger charge is -2.04. The molecule has 0 amide bonds. The summed E-state index contributed by atoms with van der Waals surface area (Å²) in [6.45, 7) is 2.78. The first-order chi connectivity index (χ1) is 14.7. The molecule has 0 saturated heterocycles. The molecule has 0 saturated carbocycles. The van der Waals surface area contributed by atoms with Gasteiger partial charge in [-0.2, -0.15) is 5.10 Å². The van der Waals surface area contributed by atoms with E-state index in [1.807, 2.05) is 36.4 Å². The highest BCUT2D eigenvalue weighted by Crippen LogP contribution is 2.33. The Labute approximate surface area is 178 Å². The molecule has 0 atom stereocenters. The zero-order valence-corrected chi connectivity index (χ0v) is 17.4. The Morgan fingerprint density at radius 2 is 2.00 bits per heavy atom. The van der Waals surface area contributed by atoms with Crippen LogP contribution in [0.1, 0.15) is 16.0 Å². The number of benzene rings is 2. The van der Waals surface area contributed by atoms with Crippen molar-refractivity contribution >= 4 is 39.3 Å². The van der Waals surface area contributed by atoms with Crippen LogP contribution in [0.5, 0.6) is 11.5 Å². The molecular weight excluding hydrogens is 398 g/mol. The number of hydrogen-bond acceptors (Lipinski definition) is 8. The molecule has 3 N–H and O–H groups in total. The van der Waals surface area contributed by atoms with Gasteiger partial charge in [-0.25, -0.2) is 9.97 Å². The third kappa shape index (κ3) is 4.18. The van der Waals surface area contributed by atoms with Crippen molar-refractivity contribution in [2.45, 2.75) is 13.5 Å². The first-order valence-electron chi connectivity index (χ1n) is 9.33. The Balaban J connectivity index is 1.52. The fourth-order valence-corrected chi connectivity index (χ4v) is 4.15. The van der Waals surface area contributed by atoms with Crippen molar-refractivity contribution < 1.29 is 9.84 Å². The number of methoxy groups -OCH3 is 1. The Morgan fingerprint density at radius 1 is 1.17 bits per heavy atom. The van der Waals surface area contributed by atoms with E-state index in [1.54, 1.807) is 29.7 Å². The lowest BCUT2D eigenvalue weighted by Crippen LogP contribution is -1.98. The van der Waals surface area contributed by atoms with Crippen LogP contribution in [-0.4, -0.2) is 28.4 Å². The molecule has 30 heavy (non-hydrogen) atoms. The first kappa shape index (κ1) is 19.7. The molecule has 152 valence electrons. The molecule has 2 heterocycles. The minimum atomic E-state index is 0.0651. The highest BCUT2D eigenvalue weighted by Gasteiger charge is 2.13. The molecule has 7 nitrogen and oxygen atoms in total. The second kappa shape index (κ2) is 8.79. The fourth-order valence-electron chi connectivity index (χ4n) is 3.01. The highest BCUT2D eigenvalue weighted by molar-refractivity contribution is 7.19. The summed E-state index contributed by atoms with van der Waals surface area (Å²) in [5, 5.41) is 17.6. The number of aromatic hydroxyl groups is 1. The first-order valence-corrected chi connectivity index (χ1v) is 10.2. The van der Waals surface area contributed by atoms with Gasteiger partial charge in [0.2, 0.25) is 0 Å². The van der Waals surface area contributed by atoms with E-state index in [2.05, 4.69) is 32.7 Å². The Kier molecular flexibility index (Phi) is 5.76. The van der Waals surface area contributed by atoms with Gasteiger partial charge in [-0.1, -0.05) is 18.2 Å². The van der Waals surface area contributed by atoms with Crippen LogP contribution in [0, 0.1) is 6.92 Å². The normalized spacial score (nSPS) is 11.1. The molecule has 0 aliphatic rings. The summed E-state index contributed by atoms with van der Waals surface area (Å²) in [5.74, 6) is 1.13. The van der Waals surface area contributed by atoms with E-state index < -0.39 is 0 Å². The number of hydrogen-bond donors (Lipinski definition) is 3. The minimum Gasteiger partial charge on any atom is -0.504 e. The molecule has 0 aliphatic carbocycles. The lowest BCUT2D eigenvalue weighted by molar-refractivity contribution is 0.373. The Hall–Kier alpha value is -3.65. The monoisotopic (exact) mass is 419 g/mol. The number of anilines is 2. The minimum absolute atomic E-state index is 0.0651. The summed E-state index contributed by atoms with van der Waals surface area (Å²) in [7, 11) is 1.51. The van der Waals surface area contributed by atoms with Crippen LogP contribution in [-0.2, 0) is 6.54 Å². The van der Waals surface area contributed by atoms with Gasteiger partial charge in [0.15, 0.2) is 17.3 Å². The van der Waals surface area contributed by atoms with Gasteiger partial charge >= 0.3 is 0 Å². The summed E-state index contributed by atoms with van der Waals surface area (Å²) in [5.41, 5.74) is 6.86. The van der Waals surface area contributed by atoms with Crippen LogP contribution in [0.3, 0.4) is 0 Å². The largest absolute Gasteiger partial charge is 0.504 e. The quantitative estimate of drug-likeness (QED) is 0.295. The topological polar surface area (TPSA) is 91.7 Å². The molecule has 2 aromatic heterocycles. The highest BCUT2D eigenvalue weighted by atomic mass is 32.1. The maximum Gasteiger partial charge on any atom is 0.167 e. The zero-order chi connectivity index (χ0) is 20.9. The van der Waals surface area contributed by atoms with Crippen molar-refractivity contribution in [3.8, 4) is 11.5 Å². The summed E-state index contributed by atoms with van der Waals surface area (Å²) >= 11 is 1.64. The maximum absolute atomic E-state index is 9.88. The summed E-state index contributed by atoms with van der Waals surface area (Å²) in [6, 6.07) is 15.2. The van der Waals surface area contributed by atoms with Gasteiger partial charge in [0.05, 0.1) is 23.5 Å². The van der Waals surface area contributed by atoms with Crippen molar-refractivity contribution in [2.24, 2.45) is 5.10 Å². The second-order valence-electron chi connectivity index (χ2n) is 6.57. The van der Waals surface area contributed by atoms with Gasteiger partial charge in [-0.15, -0.1) is 11.3 Å². The molecule has 8 heteroatoms. The van der Waals surface area contributed by atoms with E-state index in [4.69, 9.17) is 4.74 Å². The standard InChI is InChI=1S/C22H21N5O2S/c1-14-19(12-23-16-6-4-3-5-7-16)30-21-20(14)24-13-25-22(21)27-26-11-15-8-9-18(29-2)17(28)10-15/h3-11,13,23,28H,12H2,1-2H3,(H,24,25,27). The van der Waals surface area contributed by atoms with Crippen LogP contribution in [0.25, 0.3) is 10.2 Å². The smallest absolute Gasteiger partial charge is 0.167 e. The van der Waals surface area contributed by atoms with Crippen molar-refractivity contribution in [2.75, 3.05) is 17.9 Å². The number of ether oxygens (including phenoxy) is 1. The van der Waals surface area contributed by atoms with E-state index in [-0.39, 0.29) is 5.75 Å². The molecule has 0 aliphatic heterocycles. The third-order valence-electron chi connectivity index (χ3n) is 4.62. The number of phenols is 1. The number of thiophene rings is 1. The molecule has 2 aromatic carbocycles. The average Bonchev–Trinajstić information content (AvgIpc) is 3.10. The molecule has 0 bridgehead atoms. The fraction of sp³-hybridized carbons (Fsp3) is 0.136. The predicted molar refractivity (Wildman–Crippen MR) is 122 cm³/mol. The van der Waals surface area contributed by atoms with Gasteiger partial charge in [-0.3, -0.25) is 5.43 Å². The summed E-state index contributed by atoms with van der Waals surface area (Å²) in [4.78, 5) is 9.98. The van der Waals surface area contributed by atoms with E-state index in [0.29, 0.717) is 18.1 Å². The van der Waals surface area contributed by atoms with Crippen molar-refractivity contribution in [1.29, 1.82) is 0 Å². The van der Waals surface area contributed by atoms with Crippen LogP contribution in [0.4, 0.5) is 11.5 Å². The number of fused-ring (bicyclic) bond motifs is 1. The van der Waals surface area contributed by atoms with Gasteiger partial charge in [0.25, 0.3) is 0 Å². The van der Waals surface area contributed by atoms with Crippen LogP contribution < -0.4 is 15.5 Å². The number of rotatable bonds is 7. The van der Waals surface area contributed by atoms with Gasteiger partial charge < -0.3 is 15.2 Å². The maximum atomic E-state index is 9.88. The molecule has 4 aromatic rings. The van der Waals surface area contributed by atoms with Gasteiger partial charge in [0.1, 0.15) is 6.33 Å². The molecular formula is C22H21N5O2S. The SMILES string of the molecule is COc1ccc(C=NNc2ncnc3c(C)c(CNc4ccccc4)sc23)cc1O. The Bertz CT molecular complexity index is 1190. The number of aryl methyl sites for hydroxylation is 1. The molecule has 0 spiro atoms. The van der Waals surface area contributed by atoms with E-state index in [0.717, 1.165) is 27.0 Å². The van der Waals surface area contributed by atoms with Crippen molar-refractivity contribution in [3.63, 3.8) is 0 Å². The average molecular weight is 420 g/mol. The summed E-state index contributed by atoms with van der Waals surface area (Å²) in [6.07, 6.45) is 3.15. The van der Waals surface area contributed by atoms with Gasteiger partial charge in [0, 0.05) is 17.1 Å². The summed E-state index contributed by atoms with van der Waals surface area (Å²) < 4.78 is 6.01. The van der Waals surface area contributed by atoms with E-state index in [1.165, 1.54) is 18.3 Å². The predicted octanol–water partition coefficient (Wildman–Crippen LogP) is 4.77. The van der Waals surface area contributed by atoms with Gasteiger partial charge in [-0.05, 0) is 48.4 Å². The van der Waals surface area contributed by atoms with Crippen LogP contribution >= 0.6 is 11.3 Å². The number of para-hydroxylation sites is 1. The van der Waals surface area contributed by atoms with Crippen LogP contribution in [0.15, 0.2) is 60.0 Å². The van der Waals surface area contributed by atoms with Crippen LogP contribution in [0.2, 0.25) is 0 Å². The molecule has 0 radical (unpaired) electrons. The lowest BCUT2D eigenvalue weighted by atomic mass is 10.2. The second-order valence-corrected chi connectivity index (χ2v) is 7.68.